The molecule has 0 saturated heterocycles. The summed E-state index contributed by atoms with van der Waals surface area (Å²) in [4.78, 5) is 20.3. The molecule has 0 amide bonds. The third kappa shape index (κ3) is 13.3. The van der Waals surface area contributed by atoms with E-state index in [1.54, 1.807) is 0 Å². The molecule has 88 valence electrons. The molecule has 0 aromatic heterocycles. The van der Waals surface area contributed by atoms with Crippen molar-refractivity contribution >= 4 is 40.2 Å². The third-order valence-corrected chi connectivity index (χ3v) is 3.49. The average Bonchev–Trinajstić information content (AvgIpc) is 2.19. The van der Waals surface area contributed by atoms with Crippen LogP contribution in [0.1, 0.15) is 6.42 Å². The standard InChI is InChI=1S/C6H11NO4S2.CH3N/c7-4(6(10)11)3-13-12-2-1-5(8)9;1-2/h4H,1-3,7H2,(H,8,9)(H,10,11);2H,1H2/t4-;/m1./s1. The average molecular weight is 254 g/mol. The number of aliphatic carboxylic acids is 2. The van der Waals surface area contributed by atoms with E-state index in [1.165, 1.54) is 21.6 Å². The van der Waals surface area contributed by atoms with E-state index in [4.69, 9.17) is 21.4 Å². The molecule has 0 heterocycles. The Morgan fingerprint density at radius 1 is 1.33 bits per heavy atom. The van der Waals surface area contributed by atoms with Gasteiger partial charge in [0.05, 0.1) is 6.42 Å². The maximum atomic E-state index is 10.2. The molecule has 0 rings (SSSR count). The molecule has 0 aliphatic rings. The van der Waals surface area contributed by atoms with Gasteiger partial charge in [-0.1, -0.05) is 21.6 Å². The molecule has 0 saturated carbocycles. The second-order valence-corrected chi connectivity index (χ2v) is 4.82. The second-order valence-electron chi connectivity index (χ2n) is 2.19. The number of hydrogen-bond acceptors (Lipinski definition) is 6. The lowest BCUT2D eigenvalue weighted by Crippen LogP contribution is -2.32. The van der Waals surface area contributed by atoms with Gasteiger partial charge in [0, 0.05) is 11.5 Å². The van der Waals surface area contributed by atoms with Crippen LogP contribution in [0.4, 0.5) is 0 Å². The first-order valence-corrected chi connectivity index (χ1v) is 6.32. The molecule has 5 N–H and O–H groups in total. The minimum atomic E-state index is -1.04. The summed E-state index contributed by atoms with van der Waals surface area (Å²) in [5, 5.41) is 22.2. The lowest BCUT2D eigenvalue weighted by Gasteiger charge is -2.03. The van der Waals surface area contributed by atoms with Crippen LogP contribution in [0, 0.1) is 5.41 Å². The molecule has 6 nitrogen and oxygen atoms in total. The SMILES string of the molecule is C=N.N[C@H](CSSCCC(=O)O)C(=O)O. The van der Waals surface area contributed by atoms with Gasteiger partial charge in [-0.05, 0) is 6.72 Å². The van der Waals surface area contributed by atoms with Gasteiger partial charge < -0.3 is 21.4 Å². The summed E-state index contributed by atoms with van der Waals surface area (Å²) >= 11 is 0. The summed E-state index contributed by atoms with van der Waals surface area (Å²) in [5.74, 6) is -1.13. The Morgan fingerprint density at radius 3 is 2.27 bits per heavy atom. The summed E-state index contributed by atoms with van der Waals surface area (Å²) in [5.41, 5.74) is 5.21. The highest BCUT2D eigenvalue weighted by Crippen LogP contribution is 2.22. The largest absolute Gasteiger partial charge is 0.481 e. The van der Waals surface area contributed by atoms with E-state index in [2.05, 4.69) is 6.72 Å². The molecule has 0 aromatic carbocycles. The van der Waals surface area contributed by atoms with Crippen molar-refractivity contribution in [2.45, 2.75) is 12.5 Å². The minimum absolute atomic E-state index is 0.0833. The van der Waals surface area contributed by atoms with Crippen molar-refractivity contribution in [3.63, 3.8) is 0 Å². The van der Waals surface area contributed by atoms with E-state index in [9.17, 15) is 9.59 Å². The molecule has 0 unspecified atom stereocenters. The highest BCUT2D eigenvalue weighted by molar-refractivity contribution is 8.76. The van der Waals surface area contributed by atoms with Crippen LogP contribution in [-0.2, 0) is 9.59 Å². The van der Waals surface area contributed by atoms with Gasteiger partial charge >= 0.3 is 11.9 Å². The molecule has 0 aromatic rings. The van der Waals surface area contributed by atoms with Gasteiger partial charge in [0.1, 0.15) is 6.04 Å². The van der Waals surface area contributed by atoms with E-state index in [0.29, 0.717) is 11.5 Å². The summed E-state index contributed by atoms with van der Waals surface area (Å²) < 4.78 is 0. The molecular weight excluding hydrogens is 240 g/mol. The fraction of sp³-hybridized carbons (Fsp3) is 0.571. The van der Waals surface area contributed by atoms with E-state index in [-0.39, 0.29) is 6.42 Å². The van der Waals surface area contributed by atoms with Gasteiger partial charge in [-0.2, -0.15) is 0 Å². The third-order valence-electron chi connectivity index (χ3n) is 1.05. The van der Waals surface area contributed by atoms with Crippen molar-refractivity contribution in [1.29, 1.82) is 5.41 Å². The van der Waals surface area contributed by atoms with Crippen LogP contribution in [-0.4, -0.2) is 46.4 Å². The fourth-order valence-corrected chi connectivity index (χ4v) is 2.47. The van der Waals surface area contributed by atoms with Crippen LogP contribution in [0.25, 0.3) is 0 Å². The molecule has 15 heavy (non-hydrogen) atoms. The van der Waals surface area contributed by atoms with Crippen molar-refractivity contribution in [2.75, 3.05) is 11.5 Å². The summed E-state index contributed by atoms with van der Waals surface area (Å²) in [6, 6.07) is -0.873. The Bertz CT molecular complexity index is 203. The van der Waals surface area contributed by atoms with Crippen LogP contribution in [0.5, 0.6) is 0 Å². The van der Waals surface area contributed by atoms with Gasteiger partial charge in [0.15, 0.2) is 0 Å². The first-order chi connectivity index (χ1) is 7.04. The molecule has 0 aliphatic heterocycles. The Labute approximate surface area is 95.5 Å². The predicted octanol–water partition coefficient (Wildman–Crippen LogP) is 0.520. The number of carboxylic acid groups (broad SMARTS) is 2. The zero-order valence-electron chi connectivity index (χ0n) is 8.01. The maximum absolute atomic E-state index is 10.2. The topological polar surface area (TPSA) is 124 Å². The molecule has 0 bridgehead atoms. The number of carbonyl (C=O) groups is 2. The van der Waals surface area contributed by atoms with E-state index >= 15 is 0 Å². The number of nitrogens with one attached hydrogen (secondary N) is 1. The monoisotopic (exact) mass is 254 g/mol. The number of carboxylic acids is 2. The predicted molar refractivity (Wildman–Crippen MR) is 62.6 cm³/mol. The van der Waals surface area contributed by atoms with Gasteiger partial charge in [0.25, 0.3) is 0 Å². The van der Waals surface area contributed by atoms with Crippen LogP contribution in [0.2, 0.25) is 0 Å². The minimum Gasteiger partial charge on any atom is -0.481 e. The Morgan fingerprint density at radius 2 is 1.87 bits per heavy atom. The zero-order valence-corrected chi connectivity index (χ0v) is 9.64. The molecular formula is C7H14N2O4S2. The quantitative estimate of drug-likeness (QED) is 0.296. The van der Waals surface area contributed by atoms with Gasteiger partial charge in [-0.15, -0.1) is 0 Å². The van der Waals surface area contributed by atoms with Crippen molar-refractivity contribution in [2.24, 2.45) is 5.73 Å². The van der Waals surface area contributed by atoms with Gasteiger partial charge in [0.2, 0.25) is 0 Å². The van der Waals surface area contributed by atoms with Gasteiger partial charge in [-0.3, -0.25) is 9.59 Å². The second kappa shape index (κ2) is 11.3. The van der Waals surface area contributed by atoms with E-state index < -0.39 is 18.0 Å². The molecule has 0 radical (unpaired) electrons. The lowest BCUT2D eigenvalue weighted by molar-refractivity contribution is -0.138. The Balaban J connectivity index is 0. The zero-order chi connectivity index (χ0) is 12.3. The van der Waals surface area contributed by atoms with Crippen LogP contribution in [0.3, 0.4) is 0 Å². The molecule has 0 aliphatic carbocycles. The maximum Gasteiger partial charge on any atom is 0.321 e. The van der Waals surface area contributed by atoms with Crippen molar-refractivity contribution in [1.82, 2.24) is 0 Å². The van der Waals surface area contributed by atoms with Crippen LogP contribution < -0.4 is 5.73 Å². The summed E-state index contributed by atoms with van der Waals surface area (Å²) in [6.07, 6.45) is 0.0833. The highest BCUT2D eigenvalue weighted by atomic mass is 33.1. The normalized spacial score (nSPS) is 11.0. The summed E-state index contributed by atoms with van der Waals surface area (Å²) in [6.45, 7) is 2.50. The number of hydrogen-bond donors (Lipinski definition) is 4. The highest BCUT2D eigenvalue weighted by Gasteiger charge is 2.10. The van der Waals surface area contributed by atoms with Crippen LogP contribution >= 0.6 is 21.6 Å². The molecule has 1 atom stereocenters. The number of rotatable bonds is 7. The van der Waals surface area contributed by atoms with Crippen molar-refractivity contribution in [3.05, 3.63) is 0 Å². The van der Waals surface area contributed by atoms with Crippen LogP contribution in [0.15, 0.2) is 0 Å². The Kier molecular flexibility index (Phi) is 12.6. The Hall–Kier alpha value is -0.730. The molecule has 8 heteroatoms. The van der Waals surface area contributed by atoms with E-state index in [0.717, 1.165) is 0 Å². The lowest BCUT2D eigenvalue weighted by atomic mass is 10.4. The first kappa shape index (κ1) is 16.7. The molecule has 0 spiro atoms. The first-order valence-electron chi connectivity index (χ1n) is 3.84. The van der Waals surface area contributed by atoms with E-state index in [1.807, 2.05) is 0 Å². The smallest absolute Gasteiger partial charge is 0.321 e. The molecule has 0 fully saturated rings. The fourth-order valence-electron chi connectivity index (χ4n) is 0.381. The summed E-state index contributed by atoms with van der Waals surface area (Å²) in [7, 11) is 2.60. The van der Waals surface area contributed by atoms with Crippen molar-refractivity contribution in [3.8, 4) is 0 Å². The van der Waals surface area contributed by atoms with Gasteiger partial charge in [-0.25, -0.2) is 0 Å². The van der Waals surface area contributed by atoms with Crippen molar-refractivity contribution < 1.29 is 19.8 Å². The number of nitrogens with two attached hydrogens (primary N) is 1.